The smallest absolute Gasteiger partial charge is 0.310 e. The Bertz CT molecular complexity index is 1480. The van der Waals surface area contributed by atoms with E-state index in [9.17, 15) is 14.4 Å². The number of carbonyl (C=O) groups is 3. The van der Waals surface area contributed by atoms with Crippen LogP contribution in [0.5, 0.6) is 0 Å². The van der Waals surface area contributed by atoms with Gasteiger partial charge in [0, 0.05) is 12.8 Å². The highest BCUT2D eigenvalue weighted by Gasteiger charge is 2.19. The second-order valence-electron chi connectivity index (χ2n) is 17.0. The maximum Gasteiger partial charge on any atom is 0.310 e. The molecule has 0 fully saturated rings. The summed E-state index contributed by atoms with van der Waals surface area (Å²) in [6.45, 7) is 6.25. The van der Waals surface area contributed by atoms with Crippen molar-refractivity contribution in [3.8, 4) is 0 Å². The van der Waals surface area contributed by atoms with Crippen LogP contribution in [-0.4, -0.2) is 37.2 Å². The molecule has 0 aromatic heterocycles. The van der Waals surface area contributed by atoms with E-state index >= 15 is 0 Å². The topological polar surface area (TPSA) is 78.9 Å². The van der Waals surface area contributed by atoms with Crippen molar-refractivity contribution >= 4 is 17.9 Å². The summed E-state index contributed by atoms with van der Waals surface area (Å²) >= 11 is 0. The lowest BCUT2D eigenvalue weighted by Crippen LogP contribution is -2.30. The minimum atomic E-state index is -0.844. The van der Waals surface area contributed by atoms with E-state index in [1.165, 1.54) is 51.4 Å². The van der Waals surface area contributed by atoms with Gasteiger partial charge in [-0.05, 0) is 109 Å². The van der Waals surface area contributed by atoms with E-state index in [1.807, 2.05) is 6.08 Å². The average Bonchev–Trinajstić information content (AvgIpc) is 3.33. The zero-order valence-corrected chi connectivity index (χ0v) is 42.9. The quantitative estimate of drug-likeness (QED) is 0.0262. The molecule has 0 spiro atoms. The minimum Gasteiger partial charge on any atom is -0.462 e. The molecule has 0 radical (unpaired) electrons. The molecule has 0 saturated heterocycles. The second-order valence-corrected chi connectivity index (χ2v) is 17.0. The molecule has 0 aliphatic rings. The van der Waals surface area contributed by atoms with E-state index in [2.05, 4.69) is 142 Å². The van der Waals surface area contributed by atoms with Gasteiger partial charge in [0.2, 0.25) is 0 Å². The van der Waals surface area contributed by atoms with Crippen molar-refractivity contribution in [1.82, 2.24) is 0 Å². The van der Waals surface area contributed by atoms with E-state index in [0.29, 0.717) is 19.3 Å². The first-order valence-corrected chi connectivity index (χ1v) is 26.7. The molecule has 0 aliphatic carbocycles. The Labute approximate surface area is 411 Å². The molecule has 1 atom stereocenters. The molecule has 0 aromatic carbocycles. The van der Waals surface area contributed by atoms with Crippen molar-refractivity contribution in [2.75, 3.05) is 13.2 Å². The van der Waals surface area contributed by atoms with Gasteiger partial charge < -0.3 is 14.2 Å². The lowest BCUT2D eigenvalue weighted by molar-refractivity contribution is -0.166. The zero-order valence-electron chi connectivity index (χ0n) is 42.9. The molecule has 67 heavy (non-hydrogen) atoms. The van der Waals surface area contributed by atoms with Crippen molar-refractivity contribution in [1.29, 1.82) is 0 Å². The summed E-state index contributed by atoms with van der Waals surface area (Å²) in [5.41, 5.74) is 0. The fraction of sp³-hybridized carbons (Fsp3) is 0.590. The predicted molar refractivity (Wildman–Crippen MR) is 288 cm³/mol. The van der Waals surface area contributed by atoms with E-state index in [-0.39, 0.29) is 31.6 Å². The standard InChI is InChI=1S/C61H96O6/c1-4-7-10-13-16-19-22-24-26-27-28-29-30-31-32-33-35-36-39-42-45-48-51-54-60(63)66-57-58(56-65-59(62)53-50-47-44-41-38-21-18-15-12-9-6-3)67-61(64)55-52-49-46-43-40-37-34-25-23-20-17-14-11-8-5-2/h7-8,10-11,15-20,24-26,28-29,31-32,34,40,43,49,52,58H,4-6,9,12-14,21-23,27,30,33,35-39,41-42,44-48,50-51,53-57H2,1-3H3/b10-7-,11-8-,18-15-,19-16-,20-17-,26-24-,29-28-,32-31-,34-25-,43-40-,52-49-. The lowest BCUT2D eigenvalue weighted by Gasteiger charge is -2.18. The maximum atomic E-state index is 12.7. The van der Waals surface area contributed by atoms with Crippen LogP contribution in [0, 0.1) is 0 Å². The fourth-order valence-corrected chi connectivity index (χ4v) is 6.70. The molecule has 0 N–H and O–H groups in total. The summed E-state index contributed by atoms with van der Waals surface area (Å²) in [5, 5.41) is 0. The number of carbonyl (C=O) groups excluding carboxylic acids is 3. The first kappa shape index (κ1) is 62.5. The molecule has 0 rings (SSSR count). The van der Waals surface area contributed by atoms with Crippen LogP contribution < -0.4 is 0 Å². The van der Waals surface area contributed by atoms with Crippen LogP contribution in [-0.2, 0) is 28.6 Å². The first-order chi connectivity index (χ1) is 33.0. The highest BCUT2D eigenvalue weighted by atomic mass is 16.6. The van der Waals surface area contributed by atoms with Crippen LogP contribution in [0.2, 0.25) is 0 Å². The molecule has 6 heteroatoms. The Morgan fingerprint density at radius 1 is 0.328 bits per heavy atom. The predicted octanol–water partition coefficient (Wildman–Crippen LogP) is 17.9. The number of unbranched alkanes of at least 4 members (excludes halogenated alkanes) is 14. The highest BCUT2D eigenvalue weighted by Crippen LogP contribution is 2.13. The SMILES string of the molecule is CC/C=C\C/C=C\C/C=C\C/C=C\C/C=C\CCCCCCCCCC(=O)OCC(COC(=O)CCCCCCC/C=C\CCCC)OC(=O)C/C=C\C/C=C\C/C=C\C/C=C\C/C=C\CC. The Kier molecular flexibility index (Phi) is 50.6. The second kappa shape index (κ2) is 54.2. The number of hydrogen-bond donors (Lipinski definition) is 0. The van der Waals surface area contributed by atoms with Crippen LogP contribution in [0.25, 0.3) is 0 Å². The fourth-order valence-electron chi connectivity index (χ4n) is 6.70. The van der Waals surface area contributed by atoms with E-state index in [1.54, 1.807) is 6.08 Å². The maximum absolute atomic E-state index is 12.7. The third-order valence-corrected chi connectivity index (χ3v) is 10.7. The Hall–Kier alpha value is -4.45. The third-order valence-electron chi connectivity index (χ3n) is 10.7. The van der Waals surface area contributed by atoms with Crippen LogP contribution in [0.4, 0.5) is 0 Å². The molecular formula is C61H96O6. The average molecular weight is 925 g/mol. The van der Waals surface area contributed by atoms with Crippen molar-refractivity contribution in [3.63, 3.8) is 0 Å². The molecule has 0 saturated carbocycles. The Morgan fingerprint density at radius 3 is 1.00 bits per heavy atom. The summed E-state index contributed by atoms with van der Waals surface area (Å²) in [4.78, 5) is 37.9. The van der Waals surface area contributed by atoms with Crippen LogP contribution >= 0.6 is 0 Å². The van der Waals surface area contributed by atoms with Gasteiger partial charge in [-0.1, -0.05) is 219 Å². The number of rotatable bonds is 46. The van der Waals surface area contributed by atoms with Crippen molar-refractivity contribution in [3.05, 3.63) is 134 Å². The zero-order chi connectivity index (χ0) is 48.6. The van der Waals surface area contributed by atoms with Gasteiger partial charge in [-0.3, -0.25) is 14.4 Å². The lowest BCUT2D eigenvalue weighted by atomic mass is 10.1. The van der Waals surface area contributed by atoms with Crippen molar-refractivity contribution in [2.45, 2.75) is 219 Å². The minimum absolute atomic E-state index is 0.0871. The number of ether oxygens (including phenoxy) is 3. The Balaban J connectivity index is 4.47. The van der Waals surface area contributed by atoms with Crippen LogP contribution in [0.3, 0.4) is 0 Å². The number of esters is 3. The van der Waals surface area contributed by atoms with Gasteiger partial charge >= 0.3 is 17.9 Å². The summed E-state index contributed by atoms with van der Waals surface area (Å²) in [5.74, 6) is -1.09. The summed E-state index contributed by atoms with van der Waals surface area (Å²) in [6.07, 6.45) is 76.1. The first-order valence-electron chi connectivity index (χ1n) is 26.7. The molecule has 0 aliphatic heterocycles. The highest BCUT2D eigenvalue weighted by molar-refractivity contribution is 5.72. The van der Waals surface area contributed by atoms with E-state index < -0.39 is 12.1 Å². The van der Waals surface area contributed by atoms with Gasteiger partial charge in [0.1, 0.15) is 13.2 Å². The molecule has 0 amide bonds. The molecular weight excluding hydrogens is 829 g/mol. The van der Waals surface area contributed by atoms with Gasteiger partial charge in [0.25, 0.3) is 0 Å². The van der Waals surface area contributed by atoms with Gasteiger partial charge in [0.05, 0.1) is 6.42 Å². The van der Waals surface area contributed by atoms with Crippen molar-refractivity contribution < 1.29 is 28.6 Å². The number of hydrogen-bond acceptors (Lipinski definition) is 6. The summed E-state index contributed by atoms with van der Waals surface area (Å²) in [7, 11) is 0. The van der Waals surface area contributed by atoms with Gasteiger partial charge in [-0.2, -0.15) is 0 Å². The molecule has 376 valence electrons. The van der Waals surface area contributed by atoms with E-state index in [0.717, 1.165) is 116 Å². The molecule has 0 aromatic rings. The van der Waals surface area contributed by atoms with Crippen LogP contribution in [0.15, 0.2) is 134 Å². The normalized spacial score (nSPS) is 13.2. The Morgan fingerprint density at radius 2 is 0.627 bits per heavy atom. The molecule has 0 heterocycles. The number of allylic oxidation sites excluding steroid dienone is 21. The van der Waals surface area contributed by atoms with Gasteiger partial charge in [0.15, 0.2) is 6.10 Å². The molecule has 6 nitrogen and oxygen atoms in total. The molecule has 1 unspecified atom stereocenters. The monoisotopic (exact) mass is 925 g/mol. The van der Waals surface area contributed by atoms with Gasteiger partial charge in [-0.25, -0.2) is 0 Å². The van der Waals surface area contributed by atoms with Gasteiger partial charge in [-0.15, -0.1) is 0 Å². The summed E-state index contributed by atoms with van der Waals surface area (Å²) in [6, 6.07) is 0. The third kappa shape index (κ3) is 52.4. The van der Waals surface area contributed by atoms with E-state index in [4.69, 9.17) is 14.2 Å². The largest absolute Gasteiger partial charge is 0.462 e. The van der Waals surface area contributed by atoms with Crippen molar-refractivity contribution in [2.24, 2.45) is 0 Å². The van der Waals surface area contributed by atoms with Crippen LogP contribution in [0.1, 0.15) is 213 Å². The summed E-state index contributed by atoms with van der Waals surface area (Å²) < 4.78 is 16.7. The molecule has 0 bridgehead atoms.